The molecule has 1 aromatic carbocycles. The van der Waals surface area contributed by atoms with E-state index in [1.54, 1.807) is 6.07 Å². The van der Waals surface area contributed by atoms with Crippen molar-refractivity contribution in [2.45, 2.75) is 62.1 Å². The number of nitrogens with zero attached hydrogens (tertiary/aromatic N) is 4. The summed E-state index contributed by atoms with van der Waals surface area (Å²) in [5.74, 6) is 1.18. The lowest BCUT2D eigenvalue weighted by atomic mass is 9.63. The minimum absolute atomic E-state index is 0.0186. The number of carbonyl (C=O) groups is 1. The number of aromatic nitrogens is 2. The van der Waals surface area contributed by atoms with Crippen LogP contribution in [0.1, 0.15) is 43.2 Å². The molecule has 1 saturated heterocycles. The van der Waals surface area contributed by atoms with Gasteiger partial charge in [-0.2, -0.15) is 5.10 Å². The Morgan fingerprint density at radius 1 is 1.21 bits per heavy atom. The van der Waals surface area contributed by atoms with E-state index >= 15 is 0 Å². The van der Waals surface area contributed by atoms with Crippen LogP contribution >= 0.6 is 0 Å². The molecule has 2 saturated carbocycles. The number of hydrogen-bond acceptors (Lipinski definition) is 6. The van der Waals surface area contributed by atoms with Crippen molar-refractivity contribution >= 4 is 5.91 Å². The van der Waals surface area contributed by atoms with Crippen molar-refractivity contribution in [3.05, 3.63) is 41.6 Å². The summed E-state index contributed by atoms with van der Waals surface area (Å²) < 4.78 is 1.30. The first-order valence-corrected chi connectivity index (χ1v) is 12.5. The van der Waals surface area contributed by atoms with Gasteiger partial charge >= 0.3 is 0 Å². The monoisotopic (exact) mass is 466 g/mol. The number of rotatable bonds is 5. The van der Waals surface area contributed by atoms with Gasteiger partial charge in [-0.15, -0.1) is 0 Å². The first-order chi connectivity index (χ1) is 16.3. The molecule has 34 heavy (non-hydrogen) atoms. The molecule has 3 N–H and O–H groups in total. The maximum absolute atomic E-state index is 13.2. The summed E-state index contributed by atoms with van der Waals surface area (Å²) in [6.07, 6.45) is 6.95. The predicted molar refractivity (Wildman–Crippen MR) is 125 cm³/mol. The quantitative estimate of drug-likeness (QED) is 0.622. The van der Waals surface area contributed by atoms with Gasteiger partial charge in [0.2, 0.25) is 11.8 Å². The molecule has 3 aliphatic carbocycles. The molecule has 0 radical (unpaired) electrons. The lowest BCUT2D eigenvalue weighted by Gasteiger charge is -2.46. The van der Waals surface area contributed by atoms with Crippen molar-refractivity contribution in [3.8, 4) is 11.6 Å². The van der Waals surface area contributed by atoms with Crippen molar-refractivity contribution in [1.82, 2.24) is 19.6 Å². The summed E-state index contributed by atoms with van der Waals surface area (Å²) in [5.41, 5.74) is 0.807. The molecule has 8 nitrogen and oxygen atoms in total. The first-order valence-electron chi connectivity index (χ1n) is 12.5. The third-order valence-electron chi connectivity index (χ3n) is 9.09. The Morgan fingerprint density at radius 3 is 2.74 bits per heavy atom. The van der Waals surface area contributed by atoms with E-state index in [2.05, 4.69) is 17.0 Å². The van der Waals surface area contributed by atoms with Crippen LogP contribution in [-0.2, 0) is 23.2 Å². The normalized spacial score (nSPS) is 32.4. The minimum Gasteiger partial charge on any atom is -0.508 e. The van der Waals surface area contributed by atoms with Crippen LogP contribution in [0.5, 0.6) is 11.6 Å². The van der Waals surface area contributed by atoms with E-state index in [4.69, 9.17) is 0 Å². The zero-order valence-electron chi connectivity index (χ0n) is 19.7. The maximum Gasteiger partial charge on any atom is 0.244 e. The van der Waals surface area contributed by atoms with Crippen molar-refractivity contribution in [1.29, 1.82) is 0 Å². The van der Waals surface area contributed by atoms with E-state index < -0.39 is 11.0 Å². The summed E-state index contributed by atoms with van der Waals surface area (Å²) in [6, 6.07) is 7.13. The van der Waals surface area contributed by atoms with E-state index in [9.17, 15) is 20.1 Å². The van der Waals surface area contributed by atoms with Crippen molar-refractivity contribution < 1.29 is 20.1 Å². The van der Waals surface area contributed by atoms with E-state index in [1.807, 2.05) is 17.0 Å². The van der Waals surface area contributed by atoms with Gasteiger partial charge < -0.3 is 20.2 Å². The average molecular weight is 467 g/mol. The Labute approximate surface area is 199 Å². The van der Waals surface area contributed by atoms with Crippen LogP contribution in [-0.4, -0.2) is 79.1 Å². The molecule has 1 spiro atoms. The Bertz CT molecular complexity index is 1110. The number of hydrogen-bond donors (Lipinski definition) is 3. The molecule has 4 aliphatic rings. The van der Waals surface area contributed by atoms with Gasteiger partial charge in [0.05, 0.1) is 11.8 Å². The van der Waals surface area contributed by atoms with Crippen LogP contribution in [0.15, 0.2) is 30.5 Å². The zero-order valence-corrected chi connectivity index (χ0v) is 19.7. The van der Waals surface area contributed by atoms with Crippen LogP contribution in [0.3, 0.4) is 0 Å². The van der Waals surface area contributed by atoms with Gasteiger partial charge in [0, 0.05) is 37.2 Å². The van der Waals surface area contributed by atoms with Gasteiger partial charge in [-0.05, 0) is 80.7 Å². The summed E-state index contributed by atoms with van der Waals surface area (Å²) >= 11 is 0. The highest BCUT2D eigenvalue weighted by molar-refractivity contribution is 5.76. The Hall–Kier alpha value is -2.58. The smallest absolute Gasteiger partial charge is 0.244 e. The second-order valence-electron chi connectivity index (χ2n) is 11.1. The molecule has 8 heteroatoms. The molecule has 182 valence electrons. The molecular formula is C26H34N4O4. The second kappa shape index (κ2) is 7.71. The van der Waals surface area contributed by atoms with Gasteiger partial charge in [-0.25, -0.2) is 4.68 Å². The molecule has 1 aliphatic heterocycles. The summed E-state index contributed by atoms with van der Waals surface area (Å²) in [5, 5.41) is 37.0. The number of aromatic hydroxyl groups is 2. The number of likely N-dealkylation sites (N-methyl/N-ethyl adjacent to an activating group) is 1. The van der Waals surface area contributed by atoms with Crippen LogP contribution in [0.4, 0.5) is 0 Å². The summed E-state index contributed by atoms with van der Waals surface area (Å²) in [4.78, 5) is 17.4. The minimum atomic E-state index is -0.983. The molecule has 2 bridgehead atoms. The molecule has 3 fully saturated rings. The number of benzene rings is 1. The largest absolute Gasteiger partial charge is 0.508 e. The van der Waals surface area contributed by atoms with Gasteiger partial charge in [-0.3, -0.25) is 9.69 Å². The van der Waals surface area contributed by atoms with E-state index in [-0.39, 0.29) is 30.1 Å². The number of amides is 1. The third-order valence-corrected chi connectivity index (χ3v) is 9.09. The molecule has 2 aromatic rings. The predicted octanol–water partition coefficient (Wildman–Crippen LogP) is 1.87. The van der Waals surface area contributed by atoms with Gasteiger partial charge in [0.1, 0.15) is 12.3 Å². The molecule has 1 aromatic heterocycles. The fourth-order valence-electron chi connectivity index (χ4n) is 7.46. The third kappa shape index (κ3) is 3.26. The summed E-state index contributed by atoms with van der Waals surface area (Å²) in [6.45, 7) is 1.98. The van der Waals surface area contributed by atoms with Gasteiger partial charge in [-0.1, -0.05) is 6.07 Å². The molecular weight excluding hydrogens is 432 g/mol. The number of aliphatic hydroxyl groups is 1. The van der Waals surface area contributed by atoms with Crippen LogP contribution in [0.2, 0.25) is 0 Å². The average Bonchev–Trinajstić information content (AvgIpc) is 3.50. The fourth-order valence-corrected chi connectivity index (χ4v) is 7.46. The van der Waals surface area contributed by atoms with Crippen molar-refractivity contribution in [2.75, 3.05) is 26.7 Å². The van der Waals surface area contributed by atoms with E-state index in [0.717, 1.165) is 30.9 Å². The molecule has 6 rings (SSSR count). The highest BCUT2D eigenvalue weighted by Crippen LogP contribution is 2.62. The van der Waals surface area contributed by atoms with E-state index in [0.29, 0.717) is 31.8 Å². The first kappa shape index (κ1) is 21.9. The van der Waals surface area contributed by atoms with Crippen molar-refractivity contribution in [3.63, 3.8) is 0 Å². The number of carbonyl (C=O) groups excluding carboxylic acids is 1. The van der Waals surface area contributed by atoms with Gasteiger partial charge in [0.25, 0.3) is 0 Å². The van der Waals surface area contributed by atoms with Crippen LogP contribution in [0, 0.1) is 11.8 Å². The van der Waals surface area contributed by atoms with E-state index in [1.165, 1.54) is 35.4 Å². The van der Waals surface area contributed by atoms with Crippen LogP contribution in [0.25, 0.3) is 0 Å². The van der Waals surface area contributed by atoms with Crippen molar-refractivity contribution in [2.24, 2.45) is 11.8 Å². The maximum atomic E-state index is 13.2. The number of phenols is 1. The zero-order chi connectivity index (χ0) is 23.7. The SMILES string of the molecule is CN(CC1CC1)C1[C@@H]2Cc3ccc(O)cc3C3(CCN(C(=O)Cn4nccc4O)CCC13O)C2. The lowest BCUT2D eigenvalue weighted by Crippen LogP contribution is -2.58. The van der Waals surface area contributed by atoms with Crippen LogP contribution < -0.4 is 0 Å². The highest BCUT2D eigenvalue weighted by Gasteiger charge is 2.67. The molecule has 2 heterocycles. The Morgan fingerprint density at radius 2 is 2.00 bits per heavy atom. The lowest BCUT2D eigenvalue weighted by molar-refractivity contribution is -0.132. The Kier molecular flexibility index (Phi) is 4.97. The number of phenolic OH excluding ortho intramolecular Hbond substituents is 1. The second-order valence-corrected chi connectivity index (χ2v) is 11.1. The topological polar surface area (TPSA) is 102 Å². The number of fused-ring (bicyclic) bond motifs is 2. The Balaban J connectivity index is 1.35. The summed E-state index contributed by atoms with van der Waals surface area (Å²) in [7, 11) is 2.16. The molecule has 3 unspecified atom stereocenters. The fraction of sp³-hybridized carbons (Fsp3) is 0.615. The molecule has 1 amide bonds. The van der Waals surface area contributed by atoms with Gasteiger partial charge in [0.15, 0.2) is 0 Å². The molecule has 4 atom stereocenters. The standard InChI is InChI=1S/C26H34N4O4/c1-28(15-17-2-3-17)24-19-12-18-4-5-20(31)13-21(18)25(14-19)7-10-29(11-8-26(24,25)34)23(33)16-30-22(32)6-9-27-30/h4-6,9,13,17,19,24,31-32,34H,2-3,7-8,10-12,14-16H2,1H3/t19-,24?,25?,26?/m1/s1. The highest BCUT2D eigenvalue weighted by atomic mass is 16.3. The number of likely N-dealkylation sites (tertiary alicyclic amines) is 1.